The van der Waals surface area contributed by atoms with E-state index >= 15 is 0 Å². The first kappa shape index (κ1) is 17.1. The van der Waals surface area contributed by atoms with Crippen LogP contribution in [0.25, 0.3) is 0 Å². The fraction of sp³-hybridized carbons (Fsp3) is 0.600. The second-order valence-corrected chi connectivity index (χ2v) is 7.07. The number of methoxy groups -OCH3 is 2. The molecule has 6 nitrogen and oxygen atoms in total. The van der Waals surface area contributed by atoms with E-state index in [1.807, 2.05) is 12.1 Å². The number of fused-ring (bicyclic) bond motifs is 1. The maximum Gasteiger partial charge on any atom is 0.264 e. The van der Waals surface area contributed by atoms with E-state index in [0.717, 1.165) is 44.0 Å². The molecule has 0 saturated carbocycles. The molecule has 22 heavy (non-hydrogen) atoms. The Morgan fingerprint density at radius 3 is 2.36 bits per heavy atom. The Morgan fingerprint density at radius 2 is 1.77 bits per heavy atom. The van der Waals surface area contributed by atoms with Crippen molar-refractivity contribution in [3.05, 3.63) is 23.3 Å². The molecular weight excluding hydrogens is 306 g/mol. The third kappa shape index (κ3) is 4.59. The molecule has 124 valence electrons. The molecule has 1 aliphatic heterocycles. The second-order valence-electron chi connectivity index (χ2n) is 5.50. The van der Waals surface area contributed by atoms with Crippen LogP contribution in [0.4, 0.5) is 0 Å². The topological polar surface area (TPSA) is 76.1 Å². The summed E-state index contributed by atoms with van der Waals surface area (Å²) in [6, 6.07) is 4.04. The molecule has 2 rings (SSSR count). The monoisotopic (exact) mass is 329 g/mol. The molecule has 1 heterocycles. The van der Waals surface area contributed by atoms with Gasteiger partial charge in [-0.05, 0) is 49.1 Å². The van der Waals surface area contributed by atoms with Crippen molar-refractivity contribution in [3.8, 4) is 11.5 Å². The van der Waals surface area contributed by atoms with Crippen LogP contribution in [-0.2, 0) is 23.1 Å². The normalized spacial score (nSPS) is 15.4. The van der Waals surface area contributed by atoms with Gasteiger partial charge >= 0.3 is 0 Å². The van der Waals surface area contributed by atoms with Gasteiger partial charge in [0.15, 0.2) is 11.5 Å². The molecule has 0 amide bonds. The minimum Gasteiger partial charge on any atom is -0.493 e. The van der Waals surface area contributed by atoms with Gasteiger partial charge < -0.3 is 9.47 Å². The lowest BCUT2D eigenvalue weighted by molar-refractivity contribution is 0.248. The van der Waals surface area contributed by atoms with E-state index in [-0.39, 0.29) is 5.75 Å². The smallest absolute Gasteiger partial charge is 0.264 e. The van der Waals surface area contributed by atoms with Crippen LogP contribution in [0.5, 0.6) is 11.5 Å². The van der Waals surface area contributed by atoms with Crippen LogP contribution in [0.15, 0.2) is 12.1 Å². The van der Waals surface area contributed by atoms with E-state index in [1.165, 1.54) is 11.1 Å². The Morgan fingerprint density at radius 1 is 1.14 bits per heavy atom. The Balaban J connectivity index is 1.93. The highest BCUT2D eigenvalue weighted by Gasteiger charge is 2.19. The van der Waals surface area contributed by atoms with Crippen molar-refractivity contribution in [3.63, 3.8) is 0 Å². The first-order valence-electron chi connectivity index (χ1n) is 7.34. The highest BCUT2D eigenvalue weighted by atomic mass is 32.2. The Labute approximate surface area is 131 Å². The average Bonchev–Trinajstić information content (AvgIpc) is 2.49. The van der Waals surface area contributed by atoms with E-state index in [2.05, 4.69) is 4.90 Å². The number of hydrogen-bond donors (Lipinski definition) is 1. The lowest BCUT2D eigenvalue weighted by Gasteiger charge is -2.29. The summed E-state index contributed by atoms with van der Waals surface area (Å²) in [5.74, 6) is 1.32. The van der Waals surface area contributed by atoms with Crippen LogP contribution >= 0.6 is 0 Å². The van der Waals surface area contributed by atoms with E-state index in [1.54, 1.807) is 14.2 Å². The van der Waals surface area contributed by atoms with Gasteiger partial charge in [0, 0.05) is 13.1 Å². The molecule has 0 unspecified atom stereocenters. The van der Waals surface area contributed by atoms with Crippen molar-refractivity contribution in [2.75, 3.05) is 33.1 Å². The SMILES string of the molecule is COc1cc2c(cc1OC)CN(CCCCS(=O)(=O)O)CC2. The fourth-order valence-corrected chi connectivity index (χ4v) is 3.32. The molecule has 7 heteroatoms. The molecule has 0 spiro atoms. The zero-order chi connectivity index (χ0) is 16.2. The molecule has 1 aromatic carbocycles. The second kappa shape index (κ2) is 7.30. The number of nitrogens with zero attached hydrogens (tertiary/aromatic N) is 1. The van der Waals surface area contributed by atoms with Crippen LogP contribution < -0.4 is 9.47 Å². The van der Waals surface area contributed by atoms with Gasteiger partial charge in [-0.3, -0.25) is 9.45 Å². The summed E-state index contributed by atoms with van der Waals surface area (Å²) in [6.45, 7) is 2.58. The van der Waals surface area contributed by atoms with Gasteiger partial charge in [0.2, 0.25) is 0 Å². The minimum absolute atomic E-state index is 0.164. The summed E-state index contributed by atoms with van der Waals surface area (Å²) >= 11 is 0. The van der Waals surface area contributed by atoms with Crippen LogP contribution in [-0.4, -0.2) is 50.9 Å². The molecule has 1 aromatic rings. The molecule has 0 saturated heterocycles. The van der Waals surface area contributed by atoms with Crippen LogP contribution in [0, 0.1) is 0 Å². The first-order valence-corrected chi connectivity index (χ1v) is 8.95. The summed E-state index contributed by atoms with van der Waals surface area (Å²) < 4.78 is 40.8. The zero-order valence-electron chi connectivity index (χ0n) is 13.0. The van der Waals surface area contributed by atoms with E-state index in [4.69, 9.17) is 14.0 Å². The number of hydrogen-bond acceptors (Lipinski definition) is 5. The minimum atomic E-state index is -3.84. The van der Waals surface area contributed by atoms with Crippen LogP contribution in [0.1, 0.15) is 24.0 Å². The highest BCUT2D eigenvalue weighted by molar-refractivity contribution is 7.85. The maximum atomic E-state index is 10.7. The van der Waals surface area contributed by atoms with Gasteiger partial charge in [-0.1, -0.05) is 0 Å². The molecule has 0 aromatic heterocycles. The quantitative estimate of drug-likeness (QED) is 0.606. The summed E-state index contributed by atoms with van der Waals surface area (Å²) in [4.78, 5) is 2.29. The Hall–Kier alpha value is -1.31. The molecule has 0 bridgehead atoms. The predicted octanol–water partition coefficient (Wildman–Crippen LogP) is 1.73. The molecule has 0 aliphatic carbocycles. The largest absolute Gasteiger partial charge is 0.493 e. The van der Waals surface area contributed by atoms with Crippen molar-refractivity contribution < 1.29 is 22.4 Å². The molecule has 0 radical (unpaired) electrons. The van der Waals surface area contributed by atoms with Crippen molar-refractivity contribution >= 4 is 10.1 Å². The molecule has 1 N–H and O–H groups in total. The number of benzene rings is 1. The van der Waals surface area contributed by atoms with Crippen LogP contribution in [0.2, 0.25) is 0 Å². The maximum absolute atomic E-state index is 10.7. The number of ether oxygens (including phenoxy) is 2. The van der Waals surface area contributed by atoms with Crippen molar-refractivity contribution in [1.29, 1.82) is 0 Å². The summed E-state index contributed by atoms with van der Waals surface area (Å²) in [6.07, 6.45) is 2.17. The van der Waals surface area contributed by atoms with E-state index in [9.17, 15) is 8.42 Å². The van der Waals surface area contributed by atoms with Crippen LogP contribution in [0.3, 0.4) is 0 Å². The summed E-state index contributed by atoms with van der Waals surface area (Å²) in [5, 5.41) is 0. The summed E-state index contributed by atoms with van der Waals surface area (Å²) in [5.41, 5.74) is 2.49. The average molecular weight is 329 g/mol. The van der Waals surface area contributed by atoms with E-state index in [0.29, 0.717) is 6.42 Å². The third-order valence-electron chi connectivity index (χ3n) is 3.92. The van der Waals surface area contributed by atoms with Gasteiger partial charge in [-0.25, -0.2) is 0 Å². The Bertz CT molecular complexity index is 615. The first-order chi connectivity index (χ1) is 10.4. The molecule has 0 fully saturated rings. The van der Waals surface area contributed by atoms with Gasteiger partial charge in [0.25, 0.3) is 10.1 Å². The van der Waals surface area contributed by atoms with Gasteiger partial charge in [0.1, 0.15) is 0 Å². The van der Waals surface area contributed by atoms with Gasteiger partial charge in [-0.2, -0.15) is 8.42 Å². The van der Waals surface area contributed by atoms with Crippen molar-refractivity contribution in [2.45, 2.75) is 25.8 Å². The summed E-state index contributed by atoms with van der Waals surface area (Å²) in [7, 11) is -0.583. The van der Waals surface area contributed by atoms with Gasteiger partial charge in [0.05, 0.1) is 20.0 Å². The lowest BCUT2D eigenvalue weighted by Crippen LogP contribution is -2.31. The highest BCUT2D eigenvalue weighted by Crippen LogP contribution is 2.33. The zero-order valence-corrected chi connectivity index (χ0v) is 13.9. The van der Waals surface area contributed by atoms with Gasteiger partial charge in [-0.15, -0.1) is 0 Å². The number of unbranched alkanes of at least 4 members (excludes halogenated alkanes) is 1. The molecule has 1 aliphatic rings. The standard InChI is InChI=1S/C15H23NO5S/c1-20-14-9-12-5-7-16(6-3-4-8-22(17,18)19)11-13(12)10-15(14)21-2/h9-10H,3-8,11H2,1-2H3,(H,17,18,19). The third-order valence-corrected chi connectivity index (χ3v) is 4.73. The predicted molar refractivity (Wildman–Crippen MR) is 84.2 cm³/mol. The lowest BCUT2D eigenvalue weighted by atomic mass is 9.98. The Kier molecular flexibility index (Phi) is 5.66. The van der Waals surface area contributed by atoms with Crippen molar-refractivity contribution in [1.82, 2.24) is 4.90 Å². The molecule has 0 atom stereocenters. The fourth-order valence-electron chi connectivity index (χ4n) is 2.75. The van der Waals surface area contributed by atoms with E-state index < -0.39 is 10.1 Å². The van der Waals surface area contributed by atoms with Crippen molar-refractivity contribution in [2.24, 2.45) is 0 Å². The number of rotatable bonds is 7. The molecular formula is C15H23NO5S.